The molecule has 0 aliphatic carbocycles. The highest BCUT2D eigenvalue weighted by atomic mass is 19.1. The van der Waals surface area contributed by atoms with Gasteiger partial charge in [0.2, 0.25) is 5.91 Å². The predicted octanol–water partition coefficient (Wildman–Crippen LogP) is 2.49. The molecule has 4 nitrogen and oxygen atoms in total. The van der Waals surface area contributed by atoms with Gasteiger partial charge < -0.3 is 5.32 Å². The lowest BCUT2D eigenvalue weighted by molar-refractivity contribution is -0.115. The third-order valence-electron chi connectivity index (χ3n) is 2.91. The number of benzene rings is 1. The summed E-state index contributed by atoms with van der Waals surface area (Å²) in [4.78, 5) is 11.7. The maximum absolute atomic E-state index is 13.4. The average Bonchev–Trinajstić information content (AvgIpc) is 2.66. The molecule has 0 aliphatic rings. The molecule has 0 saturated carbocycles. The van der Waals surface area contributed by atoms with Crippen LogP contribution in [0.4, 0.5) is 14.6 Å². The van der Waals surface area contributed by atoms with Crippen molar-refractivity contribution in [1.29, 1.82) is 0 Å². The van der Waals surface area contributed by atoms with Crippen LogP contribution in [0.5, 0.6) is 0 Å². The van der Waals surface area contributed by atoms with Crippen LogP contribution in [0.3, 0.4) is 0 Å². The van der Waals surface area contributed by atoms with E-state index in [0.717, 1.165) is 23.4 Å². The molecule has 0 fully saturated rings. The van der Waals surface area contributed by atoms with Gasteiger partial charge >= 0.3 is 0 Å². The predicted molar refractivity (Wildman–Crippen MR) is 66.8 cm³/mol. The summed E-state index contributed by atoms with van der Waals surface area (Å²) in [6.07, 6.45) is -0.371. The van der Waals surface area contributed by atoms with E-state index < -0.39 is 17.5 Å². The standard InChI is InChI=1S/C13H13F2N3O/c1-7-8(2)17-18-13(7)16-12(19)6-9-10(14)4-3-5-11(9)15/h3-5H,6H2,1-2H3,(H2,16,17,18,19). The van der Waals surface area contributed by atoms with Crippen LogP contribution in [0, 0.1) is 25.5 Å². The minimum Gasteiger partial charge on any atom is -0.309 e. The molecule has 2 aromatic rings. The monoisotopic (exact) mass is 265 g/mol. The smallest absolute Gasteiger partial charge is 0.230 e. The fourth-order valence-corrected chi connectivity index (χ4v) is 1.64. The van der Waals surface area contributed by atoms with Crippen LogP contribution in [-0.4, -0.2) is 16.1 Å². The number of carbonyl (C=O) groups excluding carboxylic acids is 1. The summed E-state index contributed by atoms with van der Waals surface area (Å²) in [5.41, 5.74) is 1.37. The number of nitrogens with one attached hydrogen (secondary N) is 2. The van der Waals surface area contributed by atoms with Crippen molar-refractivity contribution in [3.8, 4) is 0 Å². The SMILES string of the molecule is Cc1[nH]nc(NC(=O)Cc2c(F)cccc2F)c1C. The van der Waals surface area contributed by atoms with Crippen LogP contribution in [0.2, 0.25) is 0 Å². The second kappa shape index (κ2) is 5.17. The molecule has 2 N–H and O–H groups in total. The van der Waals surface area contributed by atoms with Crippen molar-refractivity contribution in [3.05, 3.63) is 46.7 Å². The molecule has 100 valence electrons. The van der Waals surface area contributed by atoms with Crippen molar-refractivity contribution in [3.63, 3.8) is 0 Å². The number of anilines is 1. The molecule has 1 amide bonds. The number of hydrogen-bond acceptors (Lipinski definition) is 2. The molecule has 19 heavy (non-hydrogen) atoms. The summed E-state index contributed by atoms with van der Waals surface area (Å²) < 4.78 is 26.8. The summed E-state index contributed by atoms with van der Waals surface area (Å²) in [6, 6.07) is 3.50. The van der Waals surface area contributed by atoms with Gasteiger partial charge in [-0.05, 0) is 26.0 Å². The number of hydrogen-bond donors (Lipinski definition) is 2. The fraction of sp³-hybridized carbons (Fsp3) is 0.231. The van der Waals surface area contributed by atoms with Gasteiger partial charge in [0.25, 0.3) is 0 Å². The van der Waals surface area contributed by atoms with E-state index in [-0.39, 0.29) is 12.0 Å². The Kier molecular flexibility index (Phi) is 3.59. The van der Waals surface area contributed by atoms with Crippen LogP contribution in [-0.2, 0) is 11.2 Å². The number of halogens is 2. The van der Waals surface area contributed by atoms with Gasteiger partial charge in [0.1, 0.15) is 11.6 Å². The Morgan fingerprint density at radius 2 is 1.95 bits per heavy atom. The molecule has 1 heterocycles. The Balaban J connectivity index is 2.12. The summed E-state index contributed by atoms with van der Waals surface area (Å²) in [6.45, 7) is 3.60. The number of aryl methyl sites for hydroxylation is 1. The summed E-state index contributed by atoms with van der Waals surface area (Å²) in [5, 5.41) is 9.13. The van der Waals surface area contributed by atoms with E-state index >= 15 is 0 Å². The fourth-order valence-electron chi connectivity index (χ4n) is 1.64. The third-order valence-corrected chi connectivity index (χ3v) is 2.91. The molecule has 0 unspecified atom stereocenters. The summed E-state index contributed by atoms with van der Waals surface area (Å²) in [5.74, 6) is -1.60. The van der Waals surface area contributed by atoms with Crippen molar-refractivity contribution in [1.82, 2.24) is 10.2 Å². The maximum atomic E-state index is 13.4. The van der Waals surface area contributed by atoms with Crippen LogP contribution >= 0.6 is 0 Å². The first kappa shape index (κ1) is 13.2. The quantitative estimate of drug-likeness (QED) is 0.895. The first-order valence-corrected chi connectivity index (χ1v) is 5.73. The molecule has 0 radical (unpaired) electrons. The molecule has 1 aromatic carbocycles. The van der Waals surface area contributed by atoms with Gasteiger partial charge in [-0.1, -0.05) is 6.07 Å². The topological polar surface area (TPSA) is 57.8 Å². The van der Waals surface area contributed by atoms with E-state index in [2.05, 4.69) is 15.5 Å². The minimum atomic E-state index is -0.731. The molecule has 0 spiro atoms. The highest BCUT2D eigenvalue weighted by Crippen LogP contribution is 2.16. The van der Waals surface area contributed by atoms with Gasteiger partial charge in [0, 0.05) is 16.8 Å². The molecule has 0 aliphatic heterocycles. The minimum absolute atomic E-state index is 0.245. The zero-order chi connectivity index (χ0) is 14.0. The number of carbonyl (C=O) groups is 1. The Bertz CT molecular complexity index is 602. The van der Waals surface area contributed by atoms with Gasteiger partial charge in [0.05, 0.1) is 6.42 Å². The number of aromatic nitrogens is 2. The van der Waals surface area contributed by atoms with Gasteiger partial charge in [0.15, 0.2) is 5.82 Å². The second-order valence-corrected chi connectivity index (χ2v) is 4.25. The van der Waals surface area contributed by atoms with Crippen LogP contribution < -0.4 is 5.32 Å². The van der Waals surface area contributed by atoms with E-state index in [1.54, 1.807) is 6.92 Å². The van der Waals surface area contributed by atoms with Crippen LogP contribution in [0.1, 0.15) is 16.8 Å². The van der Waals surface area contributed by atoms with Crippen LogP contribution in [0.25, 0.3) is 0 Å². The first-order valence-electron chi connectivity index (χ1n) is 5.73. The number of amides is 1. The van der Waals surface area contributed by atoms with E-state index in [0.29, 0.717) is 5.82 Å². The summed E-state index contributed by atoms with van der Waals surface area (Å²) in [7, 11) is 0. The van der Waals surface area contributed by atoms with Gasteiger partial charge in [-0.2, -0.15) is 5.10 Å². The van der Waals surface area contributed by atoms with Crippen molar-refractivity contribution in [2.24, 2.45) is 0 Å². The lowest BCUT2D eigenvalue weighted by Gasteiger charge is -2.05. The Labute approximate surface area is 108 Å². The van der Waals surface area contributed by atoms with Gasteiger partial charge in [-0.15, -0.1) is 0 Å². The van der Waals surface area contributed by atoms with E-state index in [1.807, 2.05) is 6.92 Å². The molecule has 0 atom stereocenters. The third kappa shape index (κ3) is 2.78. The first-order chi connectivity index (χ1) is 8.99. The van der Waals surface area contributed by atoms with Gasteiger partial charge in [-0.3, -0.25) is 9.89 Å². The van der Waals surface area contributed by atoms with Crippen LogP contribution in [0.15, 0.2) is 18.2 Å². The second-order valence-electron chi connectivity index (χ2n) is 4.25. The van der Waals surface area contributed by atoms with Gasteiger partial charge in [-0.25, -0.2) is 8.78 Å². The Morgan fingerprint density at radius 3 is 2.47 bits per heavy atom. The zero-order valence-corrected chi connectivity index (χ0v) is 10.6. The lowest BCUT2D eigenvalue weighted by atomic mass is 10.1. The zero-order valence-electron chi connectivity index (χ0n) is 10.6. The number of aromatic amines is 1. The van der Waals surface area contributed by atoms with E-state index in [1.165, 1.54) is 6.07 Å². The molecular formula is C13H13F2N3O. The van der Waals surface area contributed by atoms with Crippen molar-refractivity contribution in [2.75, 3.05) is 5.32 Å². The number of H-pyrrole nitrogens is 1. The van der Waals surface area contributed by atoms with E-state index in [4.69, 9.17) is 0 Å². The Morgan fingerprint density at radius 1 is 1.32 bits per heavy atom. The number of rotatable bonds is 3. The lowest BCUT2D eigenvalue weighted by Crippen LogP contribution is -2.17. The van der Waals surface area contributed by atoms with Crippen molar-refractivity contribution < 1.29 is 13.6 Å². The van der Waals surface area contributed by atoms with Crippen molar-refractivity contribution >= 4 is 11.7 Å². The Hall–Kier alpha value is -2.24. The number of nitrogens with zero attached hydrogens (tertiary/aromatic N) is 1. The highest BCUT2D eigenvalue weighted by molar-refractivity contribution is 5.92. The maximum Gasteiger partial charge on any atom is 0.230 e. The highest BCUT2D eigenvalue weighted by Gasteiger charge is 2.15. The normalized spacial score (nSPS) is 10.5. The largest absolute Gasteiger partial charge is 0.309 e. The molecule has 2 rings (SSSR count). The molecule has 6 heteroatoms. The average molecular weight is 265 g/mol. The summed E-state index contributed by atoms with van der Waals surface area (Å²) >= 11 is 0. The van der Waals surface area contributed by atoms with E-state index in [9.17, 15) is 13.6 Å². The molecule has 0 saturated heterocycles. The molecule has 1 aromatic heterocycles. The van der Waals surface area contributed by atoms with Crippen molar-refractivity contribution in [2.45, 2.75) is 20.3 Å². The molecule has 0 bridgehead atoms. The molecular weight excluding hydrogens is 252 g/mol.